The molecule has 148 valence electrons. The number of nitrogens with one attached hydrogen (secondary N) is 1. The number of nitrogens with zero attached hydrogens (tertiary/aromatic N) is 5. The Morgan fingerprint density at radius 1 is 0.931 bits per heavy atom. The lowest BCUT2D eigenvalue weighted by Gasteiger charge is -2.34. The van der Waals surface area contributed by atoms with E-state index in [-0.39, 0.29) is 5.91 Å². The number of rotatable bonds is 6. The number of piperazine rings is 1. The number of benzene rings is 1. The smallest absolute Gasteiger partial charge is 0.270 e. The van der Waals surface area contributed by atoms with Gasteiger partial charge in [0.15, 0.2) is 0 Å². The molecule has 1 aliphatic heterocycles. The van der Waals surface area contributed by atoms with Gasteiger partial charge in [-0.05, 0) is 23.3 Å². The molecule has 1 aromatic carbocycles. The van der Waals surface area contributed by atoms with Crippen LogP contribution in [0, 0.1) is 0 Å². The van der Waals surface area contributed by atoms with Crippen molar-refractivity contribution in [1.82, 2.24) is 25.2 Å². The number of carbonyl (C=O) groups is 1. The van der Waals surface area contributed by atoms with Gasteiger partial charge < -0.3 is 10.2 Å². The molecule has 3 heterocycles. The van der Waals surface area contributed by atoms with Crippen molar-refractivity contribution in [2.45, 2.75) is 13.1 Å². The molecule has 0 spiro atoms. The summed E-state index contributed by atoms with van der Waals surface area (Å²) in [6, 6.07) is 15.9. The van der Waals surface area contributed by atoms with E-state index in [2.05, 4.69) is 54.3 Å². The van der Waals surface area contributed by atoms with Crippen LogP contribution in [-0.2, 0) is 13.1 Å². The molecule has 0 atom stereocenters. The number of hydrogen-bond donors (Lipinski definition) is 1. The minimum absolute atomic E-state index is 0.208. The van der Waals surface area contributed by atoms with Gasteiger partial charge in [-0.3, -0.25) is 14.7 Å². The van der Waals surface area contributed by atoms with Crippen LogP contribution in [0.5, 0.6) is 0 Å². The Labute approximate surface area is 170 Å². The maximum atomic E-state index is 12.5. The highest BCUT2D eigenvalue weighted by Crippen LogP contribution is 2.13. The molecular formula is C22H24N6O. The molecule has 4 rings (SSSR count). The average Bonchev–Trinajstić information content (AvgIpc) is 2.79. The van der Waals surface area contributed by atoms with Crippen LogP contribution in [0.15, 0.2) is 67.1 Å². The van der Waals surface area contributed by atoms with Gasteiger partial charge in [-0.25, -0.2) is 9.97 Å². The van der Waals surface area contributed by atoms with E-state index in [4.69, 9.17) is 0 Å². The molecule has 3 aromatic rings. The van der Waals surface area contributed by atoms with Gasteiger partial charge in [-0.1, -0.05) is 36.4 Å². The van der Waals surface area contributed by atoms with Crippen molar-refractivity contribution in [2.75, 3.05) is 31.1 Å². The van der Waals surface area contributed by atoms with Crippen LogP contribution >= 0.6 is 0 Å². The molecule has 1 amide bonds. The standard InChI is InChI=1S/C22H24N6O/c29-21(25-16-19-7-4-9-23-15-19)20-8-10-24-22(26-20)28-13-11-27(12-14-28)17-18-5-2-1-3-6-18/h1-10,15H,11-14,16-17H2,(H,25,29). The third-order valence-electron chi connectivity index (χ3n) is 4.96. The number of hydrogen-bond acceptors (Lipinski definition) is 6. The zero-order valence-electron chi connectivity index (χ0n) is 16.2. The third-order valence-corrected chi connectivity index (χ3v) is 4.96. The summed E-state index contributed by atoms with van der Waals surface area (Å²) in [6.45, 7) is 4.93. The molecule has 2 aromatic heterocycles. The lowest BCUT2D eigenvalue weighted by atomic mass is 10.2. The van der Waals surface area contributed by atoms with E-state index < -0.39 is 0 Å². The van der Waals surface area contributed by atoms with Gasteiger partial charge in [0.2, 0.25) is 5.95 Å². The van der Waals surface area contributed by atoms with Gasteiger partial charge in [0.25, 0.3) is 5.91 Å². The first-order chi connectivity index (χ1) is 14.3. The Morgan fingerprint density at radius 2 is 1.72 bits per heavy atom. The molecule has 29 heavy (non-hydrogen) atoms. The van der Waals surface area contributed by atoms with Crippen molar-refractivity contribution in [3.8, 4) is 0 Å². The highest BCUT2D eigenvalue weighted by molar-refractivity contribution is 5.92. The van der Waals surface area contributed by atoms with Gasteiger partial charge in [-0.15, -0.1) is 0 Å². The van der Waals surface area contributed by atoms with Crippen molar-refractivity contribution >= 4 is 11.9 Å². The predicted molar refractivity (Wildman–Crippen MR) is 111 cm³/mol. The quantitative estimate of drug-likeness (QED) is 0.697. The van der Waals surface area contributed by atoms with Gasteiger partial charge in [0.05, 0.1) is 0 Å². The molecule has 1 N–H and O–H groups in total. The fraction of sp³-hybridized carbons (Fsp3) is 0.273. The van der Waals surface area contributed by atoms with Gasteiger partial charge >= 0.3 is 0 Å². The maximum absolute atomic E-state index is 12.5. The summed E-state index contributed by atoms with van der Waals surface area (Å²) in [5.41, 5.74) is 2.65. The minimum Gasteiger partial charge on any atom is -0.347 e. The number of pyridine rings is 1. The first kappa shape index (κ1) is 19.0. The van der Waals surface area contributed by atoms with E-state index in [1.807, 2.05) is 18.2 Å². The second-order valence-corrected chi connectivity index (χ2v) is 7.03. The predicted octanol–water partition coefficient (Wildman–Crippen LogP) is 2.12. The first-order valence-electron chi connectivity index (χ1n) is 9.79. The Hall–Kier alpha value is -3.32. The fourth-order valence-corrected chi connectivity index (χ4v) is 3.35. The van der Waals surface area contributed by atoms with Crippen molar-refractivity contribution in [2.24, 2.45) is 0 Å². The van der Waals surface area contributed by atoms with Crippen LogP contribution in [0.2, 0.25) is 0 Å². The van der Waals surface area contributed by atoms with E-state index in [1.165, 1.54) is 5.56 Å². The number of aromatic nitrogens is 3. The SMILES string of the molecule is O=C(NCc1cccnc1)c1ccnc(N2CCN(Cc3ccccc3)CC2)n1. The topological polar surface area (TPSA) is 74.2 Å². The lowest BCUT2D eigenvalue weighted by molar-refractivity contribution is 0.0945. The molecule has 7 nitrogen and oxygen atoms in total. The summed E-state index contributed by atoms with van der Waals surface area (Å²) < 4.78 is 0. The van der Waals surface area contributed by atoms with Gasteiger partial charge in [0.1, 0.15) is 5.69 Å². The van der Waals surface area contributed by atoms with Crippen LogP contribution in [0.25, 0.3) is 0 Å². The molecule has 0 aliphatic carbocycles. The monoisotopic (exact) mass is 388 g/mol. The summed E-state index contributed by atoms with van der Waals surface area (Å²) >= 11 is 0. The number of carbonyl (C=O) groups excluding carboxylic acids is 1. The van der Waals surface area contributed by atoms with Crippen LogP contribution < -0.4 is 10.2 Å². The Balaban J connectivity index is 1.32. The van der Waals surface area contributed by atoms with Crippen LogP contribution in [0.4, 0.5) is 5.95 Å². The van der Waals surface area contributed by atoms with Crippen molar-refractivity contribution < 1.29 is 4.79 Å². The van der Waals surface area contributed by atoms with Gasteiger partial charge in [0, 0.05) is 57.9 Å². The molecule has 7 heteroatoms. The molecule has 1 saturated heterocycles. The molecule has 0 saturated carbocycles. The number of amides is 1. The molecule has 0 radical (unpaired) electrons. The molecular weight excluding hydrogens is 364 g/mol. The Kier molecular flexibility index (Phi) is 6.07. The van der Waals surface area contributed by atoms with E-state index in [0.717, 1.165) is 38.3 Å². The second kappa shape index (κ2) is 9.25. The van der Waals surface area contributed by atoms with Crippen molar-refractivity contribution in [3.63, 3.8) is 0 Å². The summed E-state index contributed by atoms with van der Waals surface area (Å²) in [5.74, 6) is 0.401. The van der Waals surface area contributed by atoms with E-state index in [0.29, 0.717) is 18.2 Å². The largest absolute Gasteiger partial charge is 0.347 e. The fourth-order valence-electron chi connectivity index (χ4n) is 3.35. The normalized spacial score (nSPS) is 14.6. The highest BCUT2D eigenvalue weighted by atomic mass is 16.1. The first-order valence-corrected chi connectivity index (χ1v) is 9.79. The minimum atomic E-state index is -0.208. The summed E-state index contributed by atoms with van der Waals surface area (Å²) in [7, 11) is 0. The van der Waals surface area contributed by atoms with Crippen molar-refractivity contribution in [3.05, 3.63) is 83.9 Å². The van der Waals surface area contributed by atoms with Gasteiger partial charge in [-0.2, -0.15) is 0 Å². The highest BCUT2D eigenvalue weighted by Gasteiger charge is 2.20. The zero-order valence-corrected chi connectivity index (χ0v) is 16.2. The van der Waals surface area contributed by atoms with Crippen molar-refractivity contribution in [1.29, 1.82) is 0 Å². The third kappa shape index (κ3) is 5.14. The van der Waals surface area contributed by atoms with E-state index >= 15 is 0 Å². The van der Waals surface area contributed by atoms with E-state index in [9.17, 15) is 4.79 Å². The molecule has 1 fully saturated rings. The summed E-state index contributed by atoms with van der Waals surface area (Å²) in [5, 5.41) is 2.88. The molecule has 0 bridgehead atoms. The van der Waals surface area contributed by atoms with E-state index in [1.54, 1.807) is 24.7 Å². The average molecular weight is 388 g/mol. The van der Waals surface area contributed by atoms with Crippen LogP contribution in [0.3, 0.4) is 0 Å². The lowest BCUT2D eigenvalue weighted by Crippen LogP contribution is -2.46. The zero-order chi connectivity index (χ0) is 19.9. The summed E-state index contributed by atoms with van der Waals surface area (Å²) in [6.07, 6.45) is 5.10. The number of anilines is 1. The van der Waals surface area contributed by atoms with Crippen LogP contribution in [0.1, 0.15) is 21.6 Å². The molecule has 1 aliphatic rings. The Bertz CT molecular complexity index is 926. The maximum Gasteiger partial charge on any atom is 0.270 e. The summed E-state index contributed by atoms with van der Waals surface area (Å²) in [4.78, 5) is 29.9. The Morgan fingerprint density at radius 3 is 2.48 bits per heavy atom. The van der Waals surface area contributed by atoms with Crippen LogP contribution in [-0.4, -0.2) is 51.9 Å². The second-order valence-electron chi connectivity index (χ2n) is 7.03. The molecule has 0 unspecified atom stereocenters.